The van der Waals surface area contributed by atoms with E-state index in [1.54, 1.807) is 11.0 Å². The van der Waals surface area contributed by atoms with Crippen molar-refractivity contribution in [2.24, 2.45) is 0 Å². The summed E-state index contributed by atoms with van der Waals surface area (Å²) in [6.07, 6.45) is 5.62. The molecule has 0 aliphatic heterocycles. The van der Waals surface area contributed by atoms with E-state index in [4.69, 9.17) is 4.42 Å². The molecule has 0 aliphatic carbocycles. The monoisotopic (exact) mass is 350 g/mol. The molecule has 1 aromatic rings. The van der Waals surface area contributed by atoms with Crippen molar-refractivity contribution in [2.45, 2.75) is 79.2 Å². The van der Waals surface area contributed by atoms with Crippen LogP contribution in [0.5, 0.6) is 0 Å². The van der Waals surface area contributed by atoms with Gasteiger partial charge >= 0.3 is 0 Å². The highest BCUT2D eigenvalue weighted by Gasteiger charge is 2.21. The fourth-order valence-electron chi connectivity index (χ4n) is 2.74. The largest absolute Gasteiger partial charge is 0.466 e. The second-order valence-corrected chi connectivity index (χ2v) is 6.81. The molecule has 0 spiro atoms. The highest BCUT2D eigenvalue weighted by Crippen LogP contribution is 2.17. The van der Waals surface area contributed by atoms with Crippen LogP contribution in [0.1, 0.15) is 81.2 Å². The normalized spacial score (nSPS) is 12.0. The highest BCUT2D eigenvalue weighted by molar-refractivity contribution is 5.95. The fourth-order valence-corrected chi connectivity index (χ4v) is 2.74. The number of nitrogens with zero attached hydrogens (tertiary/aromatic N) is 1. The van der Waals surface area contributed by atoms with Gasteiger partial charge < -0.3 is 14.6 Å². The standard InChI is InChI=1S/C20H34N2O3/c1-6-8-9-10-12-22(13-11-19(23)21-15(3)7-2)20(24)18-14-16(4)25-17(18)5/h14-15H,6-13H2,1-5H3,(H,21,23)/t15-/m0/s1. The van der Waals surface area contributed by atoms with Gasteiger partial charge in [0.25, 0.3) is 5.91 Å². The molecule has 25 heavy (non-hydrogen) atoms. The summed E-state index contributed by atoms with van der Waals surface area (Å²) in [5.74, 6) is 1.34. The number of hydrogen-bond donors (Lipinski definition) is 1. The van der Waals surface area contributed by atoms with Crippen LogP contribution in [0, 0.1) is 13.8 Å². The molecule has 0 radical (unpaired) electrons. The molecule has 5 nitrogen and oxygen atoms in total. The Morgan fingerprint density at radius 3 is 2.44 bits per heavy atom. The van der Waals surface area contributed by atoms with Gasteiger partial charge in [0, 0.05) is 25.6 Å². The van der Waals surface area contributed by atoms with E-state index in [1.807, 2.05) is 27.7 Å². The second-order valence-electron chi connectivity index (χ2n) is 6.81. The predicted molar refractivity (Wildman–Crippen MR) is 101 cm³/mol. The summed E-state index contributed by atoms with van der Waals surface area (Å²) in [5, 5.41) is 2.96. The van der Waals surface area contributed by atoms with Crippen LogP contribution in [0.25, 0.3) is 0 Å². The van der Waals surface area contributed by atoms with E-state index in [2.05, 4.69) is 12.2 Å². The van der Waals surface area contributed by atoms with Gasteiger partial charge in [-0.05, 0) is 39.7 Å². The van der Waals surface area contributed by atoms with Crippen LogP contribution in [0.3, 0.4) is 0 Å². The lowest BCUT2D eigenvalue weighted by atomic mass is 10.1. The van der Waals surface area contributed by atoms with Gasteiger partial charge in [-0.15, -0.1) is 0 Å². The van der Waals surface area contributed by atoms with Crippen LogP contribution in [0.2, 0.25) is 0 Å². The number of carbonyl (C=O) groups is 2. The van der Waals surface area contributed by atoms with Gasteiger partial charge in [0.15, 0.2) is 0 Å². The van der Waals surface area contributed by atoms with Gasteiger partial charge in [-0.2, -0.15) is 0 Å². The summed E-state index contributed by atoms with van der Waals surface area (Å²) in [5.41, 5.74) is 0.607. The molecule has 1 N–H and O–H groups in total. The quantitative estimate of drug-likeness (QED) is 0.608. The van der Waals surface area contributed by atoms with E-state index in [1.165, 1.54) is 6.42 Å². The number of carbonyl (C=O) groups excluding carboxylic acids is 2. The first-order valence-corrected chi connectivity index (χ1v) is 9.54. The zero-order valence-corrected chi connectivity index (χ0v) is 16.5. The van der Waals surface area contributed by atoms with Crippen molar-refractivity contribution in [1.29, 1.82) is 0 Å². The molecule has 1 aromatic heterocycles. The van der Waals surface area contributed by atoms with Crippen LogP contribution < -0.4 is 5.32 Å². The average Bonchev–Trinajstić information content (AvgIpc) is 2.91. The third kappa shape index (κ3) is 7.32. The zero-order chi connectivity index (χ0) is 18.8. The summed E-state index contributed by atoms with van der Waals surface area (Å²) in [6, 6.07) is 1.95. The molecule has 1 atom stereocenters. The van der Waals surface area contributed by atoms with Gasteiger partial charge in [-0.3, -0.25) is 9.59 Å². The van der Waals surface area contributed by atoms with Crippen molar-refractivity contribution in [2.75, 3.05) is 13.1 Å². The summed E-state index contributed by atoms with van der Waals surface area (Å²) in [7, 11) is 0. The molecule has 0 aromatic carbocycles. The number of nitrogens with one attached hydrogen (secondary N) is 1. The molecule has 0 unspecified atom stereocenters. The van der Waals surface area contributed by atoms with Crippen molar-refractivity contribution in [3.63, 3.8) is 0 Å². The Morgan fingerprint density at radius 1 is 1.16 bits per heavy atom. The lowest BCUT2D eigenvalue weighted by Gasteiger charge is -2.23. The minimum Gasteiger partial charge on any atom is -0.466 e. The Bertz CT molecular complexity index is 551. The molecule has 0 saturated heterocycles. The Balaban J connectivity index is 2.69. The predicted octanol–water partition coefficient (Wildman–Crippen LogP) is 4.22. The van der Waals surface area contributed by atoms with Crippen LogP contribution in [0.15, 0.2) is 10.5 Å². The van der Waals surface area contributed by atoms with Crippen molar-refractivity contribution >= 4 is 11.8 Å². The van der Waals surface area contributed by atoms with Crippen molar-refractivity contribution in [3.8, 4) is 0 Å². The van der Waals surface area contributed by atoms with E-state index in [-0.39, 0.29) is 17.9 Å². The maximum Gasteiger partial charge on any atom is 0.257 e. The number of aryl methyl sites for hydroxylation is 2. The number of hydrogen-bond acceptors (Lipinski definition) is 3. The molecule has 1 heterocycles. The maximum atomic E-state index is 12.9. The third-order valence-corrected chi connectivity index (χ3v) is 4.47. The van der Waals surface area contributed by atoms with Gasteiger partial charge in [0.2, 0.25) is 5.91 Å². The summed E-state index contributed by atoms with van der Waals surface area (Å²) >= 11 is 0. The maximum absolute atomic E-state index is 12.9. The molecule has 0 aliphatic rings. The van der Waals surface area contributed by atoms with E-state index < -0.39 is 0 Å². The molecule has 2 amide bonds. The molecule has 0 fully saturated rings. The molecule has 5 heteroatoms. The summed E-state index contributed by atoms with van der Waals surface area (Å²) in [6.45, 7) is 11.0. The van der Waals surface area contributed by atoms with Crippen molar-refractivity contribution in [3.05, 3.63) is 23.2 Å². The molecular formula is C20H34N2O3. The SMILES string of the molecule is CCCCCCN(CCC(=O)N[C@@H](C)CC)C(=O)c1cc(C)oc1C. The fraction of sp³-hybridized carbons (Fsp3) is 0.700. The smallest absolute Gasteiger partial charge is 0.257 e. The Labute approximate surface area is 152 Å². The van der Waals surface area contributed by atoms with Gasteiger partial charge in [0.1, 0.15) is 11.5 Å². The molecule has 0 saturated carbocycles. The Hall–Kier alpha value is -1.78. The van der Waals surface area contributed by atoms with E-state index >= 15 is 0 Å². The number of unbranched alkanes of at least 4 members (excludes halogenated alkanes) is 3. The van der Waals surface area contributed by atoms with Gasteiger partial charge in [0.05, 0.1) is 5.56 Å². The second kappa shape index (κ2) is 11.0. The van der Waals surface area contributed by atoms with Gasteiger partial charge in [-0.1, -0.05) is 33.1 Å². The van der Waals surface area contributed by atoms with E-state index in [0.717, 1.165) is 31.4 Å². The zero-order valence-electron chi connectivity index (χ0n) is 16.5. The molecule has 0 bridgehead atoms. The summed E-state index contributed by atoms with van der Waals surface area (Å²) < 4.78 is 5.49. The van der Waals surface area contributed by atoms with E-state index in [0.29, 0.717) is 30.8 Å². The topological polar surface area (TPSA) is 62.6 Å². The summed E-state index contributed by atoms with van der Waals surface area (Å²) in [4.78, 5) is 26.7. The van der Waals surface area contributed by atoms with Gasteiger partial charge in [-0.25, -0.2) is 0 Å². The van der Waals surface area contributed by atoms with Crippen molar-refractivity contribution < 1.29 is 14.0 Å². The molecule has 1 rings (SSSR count). The third-order valence-electron chi connectivity index (χ3n) is 4.47. The molecular weight excluding hydrogens is 316 g/mol. The Morgan fingerprint density at radius 2 is 1.88 bits per heavy atom. The highest BCUT2D eigenvalue weighted by atomic mass is 16.3. The first-order chi connectivity index (χ1) is 11.9. The van der Waals surface area contributed by atoms with Crippen LogP contribution in [0.4, 0.5) is 0 Å². The van der Waals surface area contributed by atoms with Crippen LogP contribution in [-0.4, -0.2) is 35.8 Å². The Kier molecular flexibility index (Phi) is 9.32. The van der Waals surface area contributed by atoms with Crippen LogP contribution >= 0.6 is 0 Å². The number of rotatable bonds is 11. The average molecular weight is 351 g/mol. The number of furan rings is 1. The molecule has 142 valence electrons. The van der Waals surface area contributed by atoms with Crippen LogP contribution in [-0.2, 0) is 4.79 Å². The first kappa shape index (κ1) is 21.3. The first-order valence-electron chi connectivity index (χ1n) is 9.54. The number of amides is 2. The minimum atomic E-state index is -0.0396. The lowest BCUT2D eigenvalue weighted by molar-refractivity contribution is -0.121. The van der Waals surface area contributed by atoms with Crippen molar-refractivity contribution in [1.82, 2.24) is 10.2 Å². The van der Waals surface area contributed by atoms with E-state index in [9.17, 15) is 9.59 Å². The lowest BCUT2D eigenvalue weighted by Crippen LogP contribution is -2.38. The minimum absolute atomic E-state index is 0.000745.